The molecular weight excluding hydrogens is 328 g/mol. The third kappa shape index (κ3) is 3.82. The second-order valence-electron chi connectivity index (χ2n) is 6.10. The van der Waals surface area contributed by atoms with Gasteiger partial charge in [-0.15, -0.1) is 0 Å². The van der Waals surface area contributed by atoms with E-state index in [1.807, 2.05) is 6.07 Å². The average Bonchev–Trinajstić information content (AvgIpc) is 2.44. The first kappa shape index (κ1) is 16.4. The van der Waals surface area contributed by atoms with Gasteiger partial charge >= 0.3 is 0 Å². The molecule has 21 heavy (non-hydrogen) atoms. The predicted molar refractivity (Wildman–Crippen MR) is 91.0 cm³/mol. The van der Waals surface area contributed by atoms with Crippen LogP contribution in [0.2, 0.25) is 0 Å². The van der Waals surface area contributed by atoms with Crippen molar-refractivity contribution in [3.8, 4) is 11.5 Å². The van der Waals surface area contributed by atoms with Crippen LogP contribution in [-0.4, -0.2) is 10.2 Å². The van der Waals surface area contributed by atoms with Gasteiger partial charge in [0.15, 0.2) is 0 Å². The highest BCUT2D eigenvalue weighted by atomic mass is 79.9. The van der Waals surface area contributed by atoms with Crippen LogP contribution in [0.5, 0.6) is 11.5 Å². The van der Waals surface area contributed by atoms with E-state index in [4.69, 9.17) is 0 Å². The van der Waals surface area contributed by atoms with Crippen molar-refractivity contribution in [1.29, 1.82) is 0 Å². The van der Waals surface area contributed by atoms with E-state index in [1.165, 1.54) is 18.4 Å². The van der Waals surface area contributed by atoms with Gasteiger partial charge in [-0.05, 0) is 66.6 Å². The van der Waals surface area contributed by atoms with Crippen molar-refractivity contribution in [3.63, 3.8) is 0 Å². The summed E-state index contributed by atoms with van der Waals surface area (Å²) in [6.45, 7) is 4.29. The lowest BCUT2D eigenvalue weighted by Crippen LogP contribution is -2.04. The Labute approximate surface area is 136 Å². The molecule has 3 heteroatoms. The molecule has 0 spiro atoms. The van der Waals surface area contributed by atoms with Gasteiger partial charge in [-0.25, -0.2) is 0 Å². The quantitative estimate of drug-likeness (QED) is 0.518. The summed E-state index contributed by atoms with van der Waals surface area (Å²) in [4.78, 5) is 0. The van der Waals surface area contributed by atoms with Crippen LogP contribution in [0, 0.1) is 0 Å². The Hall–Kier alpha value is -0.960. The van der Waals surface area contributed by atoms with Gasteiger partial charge < -0.3 is 10.2 Å². The Morgan fingerprint density at radius 3 is 2.71 bits per heavy atom. The molecule has 1 atom stereocenters. The number of hydrogen-bond donors (Lipinski definition) is 2. The molecule has 0 heterocycles. The molecule has 0 aromatic heterocycles. The summed E-state index contributed by atoms with van der Waals surface area (Å²) in [6.07, 6.45) is 9.70. The van der Waals surface area contributed by atoms with Crippen molar-refractivity contribution >= 4 is 15.9 Å². The molecule has 2 nitrogen and oxygen atoms in total. The molecular formula is C18H25BrO2. The molecule has 0 aliphatic heterocycles. The highest BCUT2D eigenvalue weighted by Crippen LogP contribution is 2.45. The number of rotatable bonds is 5. The van der Waals surface area contributed by atoms with E-state index in [2.05, 4.69) is 35.9 Å². The number of halogens is 1. The third-order valence-electron chi connectivity index (χ3n) is 4.32. The minimum Gasteiger partial charge on any atom is -0.507 e. The molecule has 0 radical (unpaired) electrons. The van der Waals surface area contributed by atoms with Gasteiger partial charge in [0.05, 0.1) is 4.47 Å². The Balaban J connectivity index is 2.31. The van der Waals surface area contributed by atoms with E-state index in [0.717, 1.165) is 42.1 Å². The van der Waals surface area contributed by atoms with Gasteiger partial charge in [-0.3, -0.25) is 0 Å². The molecule has 2 N–H and O–H groups in total. The van der Waals surface area contributed by atoms with Gasteiger partial charge in [-0.2, -0.15) is 0 Å². The van der Waals surface area contributed by atoms with Gasteiger partial charge in [0.2, 0.25) is 0 Å². The van der Waals surface area contributed by atoms with E-state index < -0.39 is 0 Å². The average molecular weight is 353 g/mol. The molecule has 1 aliphatic rings. The molecule has 1 aliphatic carbocycles. The standard InChI is InChI=1S/C18H25BrO2/c1-3-4-5-8-14-11-15(20)16(18(21)17(14)19)13-9-6-7-12(2)10-13/h10-11,13,20-21H,3-9H2,1-2H3. The highest BCUT2D eigenvalue weighted by Gasteiger charge is 2.23. The zero-order valence-corrected chi connectivity index (χ0v) is 14.5. The fraction of sp³-hybridized carbons (Fsp3) is 0.556. The number of unbranched alkanes of at least 4 members (excludes halogenated alkanes) is 2. The second kappa shape index (κ2) is 7.35. The summed E-state index contributed by atoms with van der Waals surface area (Å²) in [5, 5.41) is 20.9. The smallest absolute Gasteiger partial charge is 0.137 e. The fourth-order valence-electron chi connectivity index (χ4n) is 3.15. The molecule has 2 rings (SSSR count). The maximum Gasteiger partial charge on any atom is 0.137 e. The third-order valence-corrected chi connectivity index (χ3v) is 5.21. The maximum absolute atomic E-state index is 10.5. The minimum atomic E-state index is 0.125. The minimum absolute atomic E-state index is 0.125. The summed E-state index contributed by atoms with van der Waals surface area (Å²) < 4.78 is 0.753. The zero-order valence-electron chi connectivity index (χ0n) is 13.0. The lowest BCUT2D eigenvalue weighted by Gasteiger charge is -2.23. The molecule has 1 aromatic carbocycles. The molecule has 0 saturated heterocycles. The van der Waals surface area contributed by atoms with Gasteiger partial charge in [0, 0.05) is 11.5 Å². The van der Waals surface area contributed by atoms with E-state index in [0.29, 0.717) is 5.56 Å². The van der Waals surface area contributed by atoms with Crippen LogP contribution in [-0.2, 0) is 6.42 Å². The van der Waals surface area contributed by atoms with Gasteiger partial charge in [0.25, 0.3) is 0 Å². The molecule has 0 saturated carbocycles. The fourth-order valence-corrected chi connectivity index (χ4v) is 3.68. The molecule has 1 unspecified atom stereocenters. The highest BCUT2D eigenvalue weighted by molar-refractivity contribution is 9.10. The van der Waals surface area contributed by atoms with E-state index >= 15 is 0 Å². The van der Waals surface area contributed by atoms with Crippen LogP contribution in [0.3, 0.4) is 0 Å². The monoisotopic (exact) mass is 352 g/mol. The summed E-state index contributed by atoms with van der Waals surface area (Å²) in [5.41, 5.74) is 3.02. The van der Waals surface area contributed by atoms with Crippen molar-refractivity contribution in [2.24, 2.45) is 0 Å². The summed E-state index contributed by atoms with van der Waals surface area (Å²) in [5.74, 6) is 0.579. The van der Waals surface area contributed by atoms with E-state index in [-0.39, 0.29) is 17.4 Å². The Morgan fingerprint density at radius 2 is 2.05 bits per heavy atom. The lowest BCUT2D eigenvalue weighted by molar-refractivity contribution is 0.425. The topological polar surface area (TPSA) is 40.5 Å². The predicted octanol–water partition coefficient (Wildman–Crippen LogP) is 5.81. The number of aromatic hydroxyl groups is 2. The number of allylic oxidation sites excluding steroid dienone is 2. The van der Waals surface area contributed by atoms with Crippen LogP contribution in [0.15, 0.2) is 22.2 Å². The molecule has 0 fully saturated rings. The summed E-state index contributed by atoms with van der Waals surface area (Å²) in [6, 6.07) is 1.83. The summed E-state index contributed by atoms with van der Waals surface area (Å²) >= 11 is 3.52. The van der Waals surface area contributed by atoms with Crippen LogP contribution < -0.4 is 0 Å². The number of hydrogen-bond acceptors (Lipinski definition) is 2. The molecule has 116 valence electrons. The van der Waals surface area contributed by atoms with Gasteiger partial charge in [0.1, 0.15) is 11.5 Å². The molecule has 0 amide bonds. The van der Waals surface area contributed by atoms with Crippen LogP contribution in [0.1, 0.15) is 69.4 Å². The first-order chi connectivity index (χ1) is 10.0. The van der Waals surface area contributed by atoms with Crippen molar-refractivity contribution in [2.45, 2.75) is 64.7 Å². The second-order valence-corrected chi connectivity index (χ2v) is 6.89. The first-order valence-corrected chi connectivity index (χ1v) is 8.74. The Morgan fingerprint density at radius 1 is 1.29 bits per heavy atom. The summed E-state index contributed by atoms with van der Waals surface area (Å²) in [7, 11) is 0. The largest absolute Gasteiger partial charge is 0.507 e. The number of aryl methyl sites for hydroxylation is 1. The first-order valence-electron chi connectivity index (χ1n) is 7.95. The molecule has 1 aromatic rings. The van der Waals surface area contributed by atoms with E-state index in [9.17, 15) is 10.2 Å². The normalized spacial score (nSPS) is 18.6. The zero-order chi connectivity index (χ0) is 15.4. The molecule has 0 bridgehead atoms. The van der Waals surface area contributed by atoms with Gasteiger partial charge in [-0.1, -0.05) is 31.4 Å². The van der Waals surface area contributed by atoms with Crippen LogP contribution in [0.25, 0.3) is 0 Å². The van der Waals surface area contributed by atoms with Crippen LogP contribution >= 0.6 is 15.9 Å². The Kier molecular flexibility index (Phi) is 5.74. The van der Waals surface area contributed by atoms with Crippen molar-refractivity contribution < 1.29 is 10.2 Å². The Bertz CT molecular complexity index is 535. The van der Waals surface area contributed by atoms with Crippen molar-refractivity contribution in [1.82, 2.24) is 0 Å². The maximum atomic E-state index is 10.5. The van der Waals surface area contributed by atoms with Crippen molar-refractivity contribution in [2.75, 3.05) is 0 Å². The lowest BCUT2D eigenvalue weighted by atomic mass is 9.84. The van der Waals surface area contributed by atoms with Crippen molar-refractivity contribution in [3.05, 3.63) is 33.3 Å². The number of benzene rings is 1. The SMILES string of the molecule is CCCCCc1cc(O)c(C2C=C(C)CCC2)c(O)c1Br. The number of phenols is 2. The van der Waals surface area contributed by atoms with Crippen LogP contribution in [0.4, 0.5) is 0 Å². The van der Waals surface area contributed by atoms with E-state index in [1.54, 1.807) is 0 Å². The number of phenolic OH excluding ortho intramolecular Hbond substituents is 2.